The second kappa shape index (κ2) is 4.26. The van der Waals surface area contributed by atoms with Crippen LogP contribution in [0.2, 0.25) is 0 Å². The molecule has 1 unspecified atom stereocenters. The van der Waals surface area contributed by atoms with Gasteiger partial charge in [0.25, 0.3) is 0 Å². The number of hydrogen-bond donors (Lipinski definition) is 1. The van der Waals surface area contributed by atoms with Crippen LogP contribution < -0.4 is 5.32 Å². The third-order valence-corrected chi connectivity index (χ3v) is 4.30. The van der Waals surface area contributed by atoms with E-state index in [0.29, 0.717) is 12.0 Å². The summed E-state index contributed by atoms with van der Waals surface area (Å²) < 4.78 is 0. The lowest BCUT2D eigenvalue weighted by atomic mass is 9.94. The number of nitrogens with zero attached hydrogens (tertiary/aromatic N) is 2. The lowest BCUT2D eigenvalue weighted by Crippen LogP contribution is -2.54. The van der Waals surface area contributed by atoms with Crippen LogP contribution in [-0.4, -0.2) is 36.6 Å². The van der Waals surface area contributed by atoms with Crippen LogP contribution in [0.25, 0.3) is 0 Å². The van der Waals surface area contributed by atoms with E-state index in [1.807, 2.05) is 0 Å². The van der Waals surface area contributed by atoms with Crippen LogP contribution in [0.5, 0.6) is 0 Å². The number of nitrogens with one attached hydrogen (secondary N) is 1. The van der Waals surface area contributed by atoms with E-state index in [0.717, 1.165) is 12.5 Å². The van der Waals surface area contributed by atoms with Gasteiger partial charge in [-0.05, 0) is 57.4 Å². The van der Waals surface area contributed by atoms with Crippen LogP contribution in [0.15, 0.2) is 0 Å². The maximum atomic E-state index is 9.62. The van der Waals surface area contributed by atoms with Gasteiger partial charge in [-0.15, -0.1) is 0 Å². The van der Waals surface area contributed by atoms with Gasteiger partial charge < -0.3 is 4.90 Å². The fraction of sp³-hybridized carbons (Fsp3) is 0.929. The van der Waals surface area contributed by atoms with E-state index in [2.05, 4.69) is 23.3 Å². The molecule has 0 radical (unpaired) electrons. The van der Waals surface area contributed by atoms with Gasteiger partial charge in [0, 0.05) is 19.1 Å². The molecule has 0 amide bonds. The Morgan fingerprint density at radius 1 is 1.24 bits per heavy atom. The minimum Gasteiger partial charge on any atom is -0.303 e. The van der Waals surface area contributed by atoms with Crippen molar-refractivity contribution in [3.05, 3.63) is 0 Å². The Morgan fingerprint density at radius 3 is 2.41 bits per heavy atom. The normalized spacial score (nSPS) is 27.8. The van der Waals surface area contributed by atoms with Crippen molar-refractivity contribution in [3.8, 4) is 6.07 Å². The van der Waals surface area contributed by atoms with Gasteiger partial charge in [0.1, 0.15) is 5.54 Å². The second-order valence-corrected chi connectivity index (χ2v) is 6.42. The number of nitriles is 1. The molecule has 3 heteroatoms. The van der Waals surface area contributed by atoms with Gasteiger partial charge in [0.05, 0.1) is 6.07 Å². The Morgan fingerprint density at radius 2 is 1.94 bits per heavy atom. The number of hydrogen-bond acceptors (Lipinski definition) is 3. The topological polar surface area (TPSA) is 39.1 Å². The molecule has 3 aliphatic rings. The second-order valence-electron chi connectivity index (χ2n) is 6.42. The average Bonchev–Trinajstić information content (AvgIpc) is 3.13. The van der Waals surface area contributed by atoms with Crippen molar-refractivity contribution < 1.29 is 0 Å². The van der Waals surface area contributed by atoms with Crippen LogP contribution in [0, 0.1) is 23.2 Å². The maximum absolute atomic E-state index is 9.62. The summed E-state index contributed by atoms with van der Waals surface area (Å²) in [6, 6.07) is 3.25. The monoisotopic (exact) mass is 233 g/mol. The molecule has 1 N–H and O–H groups in total. The summed E-state index contributed by atoms with van der Waals surface area (Å²) in [6.07, 6.45) is 7.80. The maximum Gasteiger partial charge on any atom is 0.122 e. The molecule has 3 aliphatic carbocycles. The van der Waals surface area contributed by atoms with Gasteiger partial charge in [-0.1, -0.05) is 0 Å². The minimum absolute atomic E-state index is 0.245. The summed E-state index contributed by atoms with van der Waals surface area (Å²) in [7, 11) is 2.18. The van der Waals surface area contributed by atoms with Crippen molar-refractivity contribution in [3.63, 3.8) is 0 Å². The molecule has 0 aromatic rings. The highest BCUT2D eigenvalue weighted by Crippen LogP contribution is 2.42. The van der Waals surface area contributed by atoms with Gasteiger partial charge in [-0.3, -0.25) is 5.32 Å². The molecule has 0 saturated heterocycles. The summed E-state index contributed by atoms with van der Waals surface area (Å²) >= 11 is 0. The summed E-state index contributed by atoms with van der Waals surface area (Å²) in [5.41, 5.74) is -0.245. The van der Waals surface area contributed by atoms with Crippen LogP contribution in [0.3, 0.4) is 0 Å². The highest BCUT2D eigenvalue weighted by atomic mass is 15.2. The first-order valence-electron chi connectivity index (χ1n) is 7.09. The fourth-order valence-electron chi connectivity index (χ4n) is 2.85. The van der Waals surface area contributed by atoms with E-state index in [9.17, 15) is 5.26 Å². The molecule has 0 aromatic carbocycles. The van der Waals surface area contributed by atoms with Crippen molar-refractivity contribution in [2.45, 2.75) is 50.1 Å². The van der Waals surface area contributed by atoms with Crippen molar-refractivity contribution in [1.29, 1.82) is 5.26 Å². The zero-order valence-corrected chi connectivity index (χ0v) is 10.8. The molecule has 1 atom stereocenters. The van der Waals surface area contributed by atoms with E-state index in [-0.39, 0.29) is 5.54 Å². The molecule has 3 nitrogen and oxygen atoms in total. The Kier molecular flexibility index (Phi) is 2.88. The molecule has 0 bridgehead atoms. The summed E-state index contributed by atoms with van der Waals surface area (Å²) in [4.78, 5) is 2.38. The molecular weight excluding hydrogens is 210 g/mol. The SMILES string of the molecule is CN(CC1CC1)CC(C#N)(NC1CC1)C1CC1. The molecule has 0 spiro atoms. The summed E-state index contributed by atoms with van der Waals surface area (Å²) in [6.45, 7) is 2.10. The first-order chi connectivity index (χ1) is 8.22. The van der Waals surface area contributed by atoms with Crippen molar-refractivity contribution in [2.75, 3.05) is 20.1 Å². The smallest absolute Gasteiger partial charge is 0.122 e. The average molecular weight is 233 g/mol. The standard InChI is InChI=1S/C14H23N3/c1-17(8-11-2-3-11)10-14(9-15,12-4-5-12)16-13-6-7-13/h11-13,16H,2-8,10H2,1H3. The van der Waals surface area contributed by atoms with E-state index >= 15 is 0 Å². The van der Waals surface area contributed by atoms with Crippen molar-refractivity contribution >= 4 is 0 Å². The van der Waals surface area contributed by atoms with Crippen LogP contribution in [0.1, 0.15) is 38.5 Å². The molecule has 3 saturated carbocycles. The molecule has 0 heterocycles. The predicted octanol–water partition coefficient (Wildman–Crippen LogP) is 1.75. The Bertz CT molecular complexity index is 323. The summed E-state index contributed by atoms with van der Waals surface area (Å²) in [5.74, 6) is 1.52. The quantitative estimate of drug-likeness (QED) is 0.728. The fourth-order valence-corrected chi connectivity index (χ4v) is 2.85. The van der Waals surface area contributed by atoms with Gasteiger partial charge in [-0.2, -0.15) is 5.26 Å². The van der Waals surface area contributed by atoms with Gasteiger partial charge in [0.2, 0.25) is 0 Å². The Labute approximate surface area is 104 Å². The Balaban J connectivity index is 1.61. The molecule has 3 rings (SSSR count). The highest BCUT2D eigenvalue weighted by molar-refractivity contribution is 5.18. The molecule has 0 aliphatic heterocycles. The molecule has 3 fully saturated rings. The molecular formula is C14H23N3. The third-order valence-electron chi connectivity index (χ3n) is 4.30. The van der Waals surface area contributed by atoms with E-state index in [1.54, 1.807) is 0 Å². The Hall–Kier alpha value is -0.590. The van der Waals surface area contributed by atoms with E-state index in [1.165, 1.54) is 45.1 Å². The first kappa shape index (κ1) is 11.5. The largest absolute Gasteiger partial charge is 0.303 e. The zero-order valence-electron chi connectivity index (χ0n) is 10.8. The lowest BCUT2D eigenvalue weighted by Gasteiger charge is -2.32. The first-order valence-corrected chi connectivity index (χ1v) is 7.09. The third kappa shape index (κ3) is 2.81. The van der Waals surface area contributed by atoms with Gasteiger partial charge in [0.15, 0.2) is 0 Å². The van der Waals surface area contributed by atoms with Gasteiger partial charge >= 0.3 is 0 Å². The highest BCUT2D eigenvalue weighted by Gasteiger charge is 2.48. The number of likely N-dealkylation sites (N-methyl/N-ethyl adjacent to an activating group) is 1. The minimum atomic E-state index is -0.245. The van der Waals surface area contributed by atoms with Crippen LogP contribution in [-0.2, 0) is 0 Å². The molecule has 17 heavy (non-hydrogen) atoms. The lowest BCUT2D eigenvalue weighted by molar-refractivity contribution is 0.220. The van der Waals surface area contributed by atoms with Crippen LogP contribution >= 0.6 is 0 Å². The van der Waals surface area contributed by atoms with Crippen molar-refractivity contribution in [2.24, 2.45) is 11.8 Å². The van der Waals surface area contributed by atoms with E-state index < -0.39 is 0 Å². The number of rotatable bonds is 7. The van der Waals surface area contributed by atoms with Gasteiger partial charge in [-0.25, -0.2) is 0 Å². The molecule has 0 aromatic heterocycles. The zero-order chi connectivity index (χ0) is 11.9. The van der Waals surface area contributed by atoms with Crippen LogP contribution in [0.4, 0.5) is 0 Å². The van der Waals surface area contributed by atoms with E-state index in [4.69, 9.17) is 0 Å². The summed E-state index contributed by atoms with van der Waals surface area (Å²) in [5, 5.41) is 13.3. The van der Waals surface area contributed by atoms with Crippen molar-refractivity contribution in [1.82, 2.24) is 10.2 Å². The molecule has 94 valence electrons. The predicted molar refractivity (Wildman–Crippen MR) is 67.4 cm³/mol.